The maximum atomic E-state index is 12.2. The van der Waals surface area contributed by atoms with Crippen LogP contribution >= 0.6 is 11.6 Å². The Balaban J connectivity index is 2.22. The molecule has 0 aliphatic carbocycles. The molecule has 2 aromatic rings. The van der Waals surface area contributed by atoms with E-state index in [-0.39, 0.29) is 32.7 Å². The van der Waals surface area contributed by atoms with Crippen molar-refractivity contribution in [3.8, 4) is 0 Å². The molecule has 0 spiro atoms. The number of rotatable bonds is 6. The number of nitrogens with one attached hydrogen (secondary N) is 1. The number of alkyl halides is 1. The fourth-order valence-electron chi connectivity index (χ4n) is 1.96. The second-order valence-electron chi connectivity index (χ2n) is 4.99. The number of anilines is 1. The van der Waals surface area contributed by atoms with Gasteiger partial charge in [-0.3, -0.25) is 9.35 Å². The summed E-state index contributed by atoms with van der Waals surface area (Å²) in [4.78, 5) is 11.9. The maximum absolute atomic E-state index is 12.2. The molecule has 0 saturated carbocycles. The number of hydrogen-bond donors (Lipinski definition) is 2. The van der Waals surface area contributed by atoms with Crippen molar-refractivity contribution < 1.29 is 26.2 Å². The predicted octanol–water partition coefficient (Wildman–Crippen LogP) is 2.20. The molecule has 0 fully saturated rings. The average Bonchev–Trinajstić information content (AvgIpc) is 2.54. The van der Waals surface area contributed by atoms with Crippen LogP contribution in [0.3, 0.4) is 0 Å². The highest BCUT2D eigenvalue weighted by Crippen LogP contribution is 2.17. The average molecular weight is 404 g/mol. The van der Waals surface area contributed by atoms with E-state index in [2.05, 4.69) is 5.32 Å². The number of sulfone groups is 1. The van der Waals surface area contributed by atoms with Crippen molar-refractivity contribution in [1.29, 1.82) is 0 Å². The third-order valence-electron chi connectivity index (χ3n) is 3.21. The molecular formula is C15H14ClNO6S2. The lowest BCUT2D eigenvalue weighted by Crippen LogP contribution is -2.14. The lowest BCUT2D eigenvalue weighted by Gasteiger charge is -2.08. The third-order valence-corrected chi connectivity index (χ3v) is 6.21. The molecular weight excluding hydrogens is 390 g/mol. The minimum atomic E-state index is -4.32. The van der Waals surface area contributed by atoms with E-state index in [0.717, 1.165) is 12.1 Å². The summed E-state index contributed by atoms with van der Waals surface area (Å²) in [5, 5.41) is 2.51. The number of benzene rings is 2. The van der Waals surface area contributed by atoms with E-state index in [1.165, 1.54) is 36.4 Å². The van der Waals surface area contributed by atoms with Gasteiger partial charge in [-0.2, -0.15) is 8.42 Å². The van der Waals surface area contributed by atoms with Crippen LogP contribution in [0.5, 0.6) is 0 Å². The summed E-state index contributed by atoms with van der Waals surface area (Å²) in [6, 6.07) is 10.4. The van der Waals surface area contributed by atoms with E-state index < -0.39 is 25.9 Å². The minimum absolute atomic E-state index is 0.0116. The Hall–Kier alpha value is -1.94. The Morgan fingerprint density at radius 2 is 1.64 bits per heavy atom. The molecule has 2 aromatic carbocycles. The zero-order chi connectivity index (χ0) is 18.7. The van der Waals surface area contributed by atoms with Crippen LogP contribution in [0, 0.1) is 0 Å². The van der Waals surface area contributed by atoms with Crippen molar-refractivity contribution >= 4 is 43.2 Å². The van der Waals surface area contributed by atoms with Crippen LogP contribution in [-0.4, -0.2) is 38.9 Å². The molecule has 2 N–H and O–H groups in total. The molecule has 1 amide bonds. The molecule has 0 aliphatic heterocycles. The molecule has 0 heterocycles. The summed E-state index contributed by atoms with van der Waals surface area (Å²) in [6.07, 6.45) is 0. The topological polar surface area (TPSA) is 118 Å². The molecule has 0 radical (unpaired) electrons. The summed E-state index contributed by atoms with van der Waals surface area (Å²) in [5.74, 6) is -0.863. The van der Waals surface area contributed by atoms with Gasteiger partial charge in [0.2, 0.25) is 0 Å². The van der Waals surface area contributed by atoms with Crippen molar-refractivity contribution in [2.75, 3.05) is 16.9 Å². The third kappa shape index (κ3) is 5.02. The van der Waals surface area contributed by atoms with Gasteiger partial charge in [0.1, 0.15) is 0 Å². The van der Waals surface area contributed by atoms with Crippen molar-refractivity contribution in [2.24, 2.45) is 0 Å². The molecule has 0 saturated heterocycles. The van der Waals surface area contributed by atoms with E-state index in [4.69, 9.17) is 16.2 Å². The number of halogens is 1. The number of hydrogen-bond acceptors (Lipinski definition) is 5. The van der Waals surface area contributed by atoms with Crippen LogP contribution in [0.4, 0.5) is 5.69 Å². The van der Waals surface area contributed by atoms with Crippen LogP contribution in [0.15, 0.2) is 58.3 Å². The summed E-state index contributed by atoms with van der Waals surface area (Å²) in [6.45, 7) is 0. The summed E-state index contributed by atoms with van der Waals surface area (Å²) >= 11 is 5.47. The summed E-state index contributed by atoms with van der Waals surface area (Å²) in [5.41, 5.74) is 0.404. The lowest BCUT2D eigenvalue weighted by molar-refractivity contribution is 0.102. The standard InChI is InChI=1S/C15H14ClNO6S2/c16-8-9-24(19,20)14-3-1-2-11(10-14)15(18)17-12-4-6-13(7-5-12)25(21,22)23/h1-7,10H,8-9H2,(H,17,18)(H,21,22,23). The molecule has 0 aliphatic rings. The van der Waals surface area contributed by atoms with Crippen molar-refractivity contribution in [3.05, 3.63) is 54.1 Å². The van der Waals surface area contributed by atoms with Gasteiger partial charge in [-0.25, -0.2) is 8.42 Å². The summed E-state index contributed by atoms with van der Waals surface area (Å²) < 4.78 is 54.9. The van der Waals surface area contributed by atoms with Gasteiger partial charge in [-0.1, -0.05) is 6.07 Å². The van der Waals surface area contributed by atoms with Crippen molar-refractivity contribution in [2.45, 2.75) is 9.79 Å². The van der Waals surface area contributed by atoms with Gasteiger partial charge in [-0.15, -0.1) is 11.6 Å². The lowest BCUT2D eigenvalue weighted by atomic mass is 10.2. The first-order valence-corrected chi connectivity index (χ1v) is 10.5. The molecule has 7 nitrogen and oxygen atoms in total. The Labute approximate surface area is 150 Å². The first kappa shape index (κ1) is 19.4. The SMILES string of the molecule is O=C(Nc1ccc(S(=O)(=O)O)cc1)c1cccc(S(=O)(=O)CCCl)c1. The van der Waals surface area contributed by atoms with Crippen LogP contribution < -0.4 is 5.32 Å². The van der Waals surface area contributed by atoms with Crippen LogP contribution in [0.25, 0.3) is 0 Å². The van der Waals surface area contributed by atoms with Crippen molar-refractivity contribution in [3.63, 3.8) is 0 Å². The minimum Gasteiger partial charge on any atom is -0.322 e. The van der Waals surface area contributed by atoms with E-state index in [0.29, 0.717) is 0 Å². The number of carbonyl (C=O) groups is 1. The fourth-order valence-corrected chi connectivity index (χ4v) is 4.08. The highest BCUT2D eigenvalue weighted by molar-refractivity contribution is 7.91. The number of carbonyl (C=O) groups excluding carboxylic acids is 1. The molecule has 0 bridgehead atoms. The fraction of sp³-hybridized carbons (Fsp3) is 0.133. The highest BCUT2D eigenvalue weighted by atomic mass is 35.5. The summed E-state index contributed by atoms with van der Waals surface area (Å²) in [7, 11) is -7.89. The molecule has 2 rings (SSSR count). The van der Waals surface area contributed by atoms with E-state index in [9.17, 15) is 21.6 Å². The second-order valence-corrected chi connectivity index (χ2v) is 8.90. The van der Waals surface area contributed by atoms with E-state index >= 15 is 0 Å². The van der Waals surface area contributed by atoms with E-state index in [1.807, 2.05) is 0 Å². The normalized spacial score (nSPS) is 11.9. The smallest absolute Gasteiger partial charge is 0.294 e. The molecule has 25 heavy (non-hydrogen) atoms. The van der Waals surface area contributed by atoms with Gasteiger partial charge in [-0.05, 0) is 42.5 Å². The quantitative estimate of drug-likeness (QED) is 0.564. The Morgan fingerprint density at radius 3 is 2.20 bits per heavy atom. The Morgan fingerprint density at radius 1 is 1.00 bits per heavy atom. The molecule has 0 atom stereocenters. The predicted molar refractivity (Wildman–Crippen MR) is 93.4 cm³/mol. The second kappa shape index (κ2) is 7.52. The first-order chi connectivity index (χ1) is 11.6. The van der Waals surface area contributed by atoms with Gasteiger partial charge in [0, 0.05) is 17.1 Å². The monoisotopic (exact) mass is 403 g/mol. The molecule has 0 unspecified atom stereocenters. The highest BCUT2D eigenvalue weighted by Gasteiger charge is 2.16. The molecule has 10 heteroatoms. The largest absolute Gasteiger partial charge is 0.322 e. The van der Waals surface area contributed by atoms with Gasteiger partial charge in [0.15, 0.2) is 9.84 Å². The van der Waals surface area contributed by atoms with Crippen LogP contribution in [0.1, 0.15) is 10.4 Å². The van der Waals surface area contributed by atoms with Gasteiger partial charge in [0.05, 0.1) is 15.5 Å². The molecule has 0 aromatic heterocycles. The Bertz CT molecular complexity index is 985. The van der Waals surface area contributed by atoms with Crippen molar-refractivity contribution in [1.82, 2.24) is 0 Å². The molecule has 134 valence electrons. The van der Waals surface area contributed by atoms with Crippen LogP contribution in [-0.2, 0) is 20.0 Å². The van der Waals surface area contributed by atoms with Crippen LogP contribution in [0.2, 0.25) is 0 Å². The number of amides is 1. The van der Waals surface area contributed by atoms with E-state index in [1.54, 1.807) is 0 Å². The van der Waals surface area contributed by atoms with Gasteiger partial charge < -0.3 is 5.32 Å². The Kier molecular flexibility index (Phi) is 5.83. The maximum Gasteiger partial charge on any atom is 0.294 e. The first-order valence-electron chi connectivity index (χ1n) is 6.91. The zero-order valence-corrected chi connectivity index (χ0v) is 15.1. The van der Waals surface area contributed by atoms with Gasteiger partial charge in [0.25, 0.3) is 16.0 Å². The van der Waals surface area contributed by atoms with Gasteiger partial charge >= 0.3 is 0 Å². The zero-order valence-electron chi connectivity index (χ0n) is 12.7.